The van der Waals surface area contributed by atoms with Crippen LogP contribution >= 0.6 is 11.6 Å². The molecule has 1 aliphatic rings. The molecule has 190 valence electrons. The number of nitrogens with one attached hydrogen (secondary N) is 1. The number of amides is 2. The summed E-state index contributed by atoms with van der Waals surface area (Å²) >= 11 is 6.08. The summed E-state index contributed by atoms with van der Waals surface area (Å²) in [6, 6.07) is 15.2. The number of carbonyl (C=O) groups excluding carboxylic acids is 2. The van der Waals surface area contributed by atoms with E-state index in [1.165, 1.54) is 17.4 Å². The van der Waals surface area contributed by atoms with E-state index in [1.807, 2.05) is 37.3 Å². The van der Waals surface area contributed by atoms with Gasteiger partial charge in [-0.2, -0.15) is 0 Å². The molecule has 1 saturated carbocycles. The molecule has 3 rings (SSSR count). The molecule has 0 saturated heterocycles. The second kappa shape index (κ2) is 12.4. The number of carbonyl (C=O) groups is 2. The summed E-state index contributed by atoms with van der Waals surface area (Å²) in [7, 11) is -3.78. The topological polar surface area (TPSA) is 86.8 Å². The lowest BCUT2D eigenvalue weighted by Gasteiger charge is -2.34. The van der Waals surface area contributed by atoms with Crippen LogP contribution in [0.1, 0.15) is 51.0 Å². The van der Waals surface area contributed by atoms with Crippen LogP contribution in [-0.2, 0) is 26.2 Å². The van der Waals surface area contributed by atoms with Crippen LogP contribution in [0.2, 0.25) is 5.02 Å². The van der Waals surface area contributed by atoms with Gasteiger partial charge < -0.3 is 10.2 Å². The minimum Gasteiger partial charge on any atom is -0.352 e. The average molecular weight is 520 g/mol. The summed E-state index contributed by atoms with van der Waals surface area (Å²) in [5.74, 6) is -0.651. The van der Waals surface area contributed by atoms with E-state index in [9.17, 15) is 18.0 Å². The summed E-state index contributed by atoms with van der Waals surface area (Å²) in [4.78, 5) is 28.5. The van der Waals surface area contributed by atoms with Gasteiger partial charge in [-0.25, -0.2) is 8.42 Å². The highest BCUT2D eigenvalue weighted by molar-refractivity contribution is 7.92. The maximum atomic E-state index is 13.7. The third-order valence-corrected chi connectivity index (χ3v) is 7.68. The van der Waals surface area contributed by atoms with Crippen LogP contribution in [-0.4, -0.2) is 50.0 Å². The standard InChI is InChI=1S/C26H34ClN3O4S/c1-3-24(26(32)28-22-14-8-5-9-15-22)29(18-20-11-6-4-7-12-20)25(31)19-30(35(2,33)34)23-16-10-13-21(27)17-23/h4,6-7,10-13,16-17,22,24H,3,5,8-9,14-15,18-19H2,1-2H3,(H,28,32). The van der Waals surface area contributed by atoms with Gasteiger partial charge in [-0.05, 0) is 43.0 Å². The molecule has 1 aliphatic carbocycles. The SMILES string of the molecule is CCC(C(=O)NC1CCCCC1)N(Cc1ccccc1)C(=O)CN(c1cccc(Cl)c1)S(C)(=O)=O. The fourth-order valence-electron chi connectivity index (χ4n) is 4.49. The van der Waals surface area contributed by atoms with E-state index >= 15 is 0 Å². The summed E-state index contributed by atoms with van der Waals surface area (Å²) in [6.07, 6.45) is 6.67. The Morgan fingerprint density at radius 3 is 2.34 bits per heavy atom. The molecule has 2 aromatic rings. The average Bonchev–Trinajstić information content (AvgIpc) is 2.82. The molecule has 0 heterocycles. The van der Waals surface area contributed by atoms with Crippen molar-refractivity contribution in [3.05, 3.63) is 65.2 Å². The van der Waals surface area contributed by atoms with Gasteiger partial charge in [-0.1, -0.05) is 74.2 Å². The fraction of sp³-hybridized carbons (Fsp3) is 0.462. The van der Waals surface area contributed by atoms with Crippen LogP contribution in [0.4, 0.5) is 5.69 Å². The molecule has 0 radical (unpaired) electrons. The monoisotopic (exact) mass is 519 g/mol. The highest BCUT2D eigenvalue weighted by atomic mass is 35.5. The van der Waals surface area contributed by atoms with E-state index in [0.29, 0.717) is 17.1 Å². The van der Waals surface area contributed by atoms with Crippen LogP contribution in [0.15, 0.2) is 54.6 Å². The molecular weight excluding hydrogens is 486 g/mol. The normalized spacial score (nSPS) is 15.3. The van der Waals surface area contributed by atoms with Gasteiger partial charge in [-0.15, -0.1) is 0 Å². The number of hydrogen-bond donors (Lipinski definition) is 1. The lowest BCUT2D eigenvalue weighted by Crippen LogP contribution is -2.53. The van der Waals surface area contributed by atoms with Crippen LogP contribution in [0.5, 0.6) is 0 Å². The number of rotatable bonds is 10. The van der Waals surface area contributed by atoms with Gasteiger partial charge in [0.1, 0.15) is 12.6 Å². The van der Waals surface area contributed by atoms with E-state index in [4.69, 9.17) is 11.6 Å². The number of sulfonamides is 1. The first-order valence-electron chi connectivity index (χ1n) is 12.1. The quantitative estimate of drug-likeness (QED) is 0.505. The van der Waals surface area contributed by atoms with Gasteiger partial charge >= 0.3 is 0 Å². The molecule has 1 atom stereocenters. The van der Waals surface area contributed by atoms with Gasteiger partial charge in [0.2, 0.25) is 21.8 Å². The molecule has 0 spiro atoms. The number of hydrogen-bond acceptors (Lipinski definition) is 4. The molecule has 0 aromatic heterocycles. The van der Waals surface area contributed by atoms with E-state index < -0.39 is 28.5 Å². The summed E-state index contributed by atoms with van der Waals surface area (Å²) in [6.45, 7) is 1.63. The smallest absolute Gasteiger partial charge is 0.244 e. The van der Waals surface area contributed by atoms with Gasteiger partial charge in [0, 0.05) is 17.6 Å². The number of benzene rings is 2. The van der Waals surface area contributed by atoms with E-state index in [0.717, 1.165) is 41.8 Å². The van der Waals surface area contributed by atoms with E-state index in [1.54, 1.807) is 18.2 Å². The Labute approximate surface area is 213 Å². The maximum absolute atomic E-state index is 13.7. The summed E-state index contributed by atoms with van der Waals surface area (Å²) < 4.78 is 26.3. The zero-order valence-corrected chi connectivity index (χ0v) is 21.9. The van der Waals surface area contributed by atoms with Crippen molar-refractivity contribution in [3.63, 3.8) is 0 Å². The van der Waals surface area contributed by atoms with Crippen molar-refractivity contribution in [1.29, 1.82) is 0 Å². The number of anilines is 1. The van der Waals surface area contributed by atoms with Crippen LogP contribution in [0.3, 0.4) is 0 Å². The molecular formula is C26H34ClN3O4S. The first kappa shape index (κ1) is 27.0. The Bertz CT molecular complexity index is 1100. The Hall–Kier alpha value is -2.58. The lowest BCUT2D eigenvalue weighted by molar-refractivity contribution is -0.140. The Morgan fingerprint density at radius 2 is 1.74 bits per heavy atom. The molecule has 1 fully saturated rings. The van der Waals surface area contributed by atoms with Crippen molar-refractivity contribution in [3.8, 4) is 0 Å². The summed E-state index contributed by atoms with van der Waals surface area (Å²) in [5.41, 5.74) is 1.16. The minimum absolute atomic E-state index is 0.109. The van der Waals surface area contributed by atoms with Gasteiger partial charge in [-0.3, -0.25) is 13.9 Å². The number of halogens is 1. The van der Waals surface area contributed by atoms with Gasteiger partial charge in [0.05, 0.1) is 11.9 Å². The van der Waals surface area contributed by atoms with Crippen LogP contribution < -0.4 is 9.62 Å². The number of nitrogens with zero attached hydrogens (tertiary/aromatic N) is 2. The van der Waals surface area contributed by atoms with Crippen molar-refractivity contribution < 1.29 is 18.0 Å². The summed E-state index contributed by atoms with van der Waals surface area (Å²) in [5, 5.41) is 3.50. The molecule has 2 aromatic carbocycles. The first-order valence-corrected chi connectivity index (χ1v) is 14.3. The van der Waals surface area contributed by atoms with Gasteiger partial charge in [0.15, 0.2) is 0 Å². The van der Waals surface area contributed by atoms with Crippen LogP contribution in [0, 0.1) is 0 Å². The van der Waals surface area contributed by atoms with Crippen molar-refractivity contribution >= 4 is 39.1 Å². The third kappa shape index (κ3) is 7.70. The molecule has 35 heavy (non-hydrogen) atoms. The second-order valence-electron chi connectivity index (χ2n) is 9.02. The van der Waals surface area contributed by atoms with Crippen molar-refractivity contribution in [2.45, 2.75) is 64.1 Å². The highest BCUT2D eigenvalue weighted by Crippen LogP contribution is 2.23. The lowest BCUT2D eigenvalue weighted by atomic mass is 9.95. The zero-order chi connectivity index (χ0) is 25.4. The molecule has 9 heteroatoms. The maximum Gasteiger partial charge on any atom is 0.244 e. The Morgan fingerprint density at radius 1 is 1.06 bits per heavy atom. The molecule has 2 amide bonds. The van der Waals surface area contributed by atoms with Crippen LogP contribution in [0.25, 0.3) is 0 Å². The second-order valence-corrected chi connectivity index (χ2v) is 11.4. The predicted octanol–water partition coefficient (Wildman–Crippen LogP) is 4.36. The van der Waals surface area contributed by atoms with E-state index in [2.05, 4.69) is 5.32 Å². The largest absolute Gasteiger partial charge is 0.352 e. The molecule has 0 aliphatic heterocycles. The van der Waals surface area contributed by atoms with E-state index in [-0.39, 0.29) is 18.5 Å². The molecule has 1 N–H and O–H groups in total. The molecule has 0 bridgehead atoms. The minimum atomic E-state index is -3.78. The molecule has 7 nitrogen and oxygen atoms in total. The third-order valence-electron chi connectivity index (χ3n) is 6.31. The predicted molar refractivity (Wildman–Crippen MR) is 140 cm³/mol. The Balaban J connectivity index is 1.89. The first-order chi connectivity index (χ1) is 16.7. The van der Waals surface area contributed by atoms with Crippen molar-refractivity contribution in [1.82, 2.24) is 10.2 Å². The molecule has 1 unspecified atom stereocenters. The van der Waals surface area contributed by atoms with Gasteiger partial charge in [0.25, 0.3) is 0 Å². The van der Waals surface area contributed by atoms with Crippen molar-refractivity contribution in [2.75, 3.05) is 17.1 Å². The highest BCUT2D eigenvalue weighted by Gasteiger charge is 2.32. The van der Waals surface area contributed by atoms with Crippen molar-refractivity contribution in [2.24, 2.45) is 0 Å². The fourth-order valence-corrected chi connectivity index (χ4v) is 5.51. The zero-order valence-electron chi connectivity index (χ0n) is 20.3. The Kier molecular flexibility index (Phi) is 9.57.